The van der Waals surface area contributed by atoms with Crippen LogP contribution in [0.1, 0.15) is 9.27 Å². The molecule has 0 bridgehead atoms. The first-order chi connectivity index (χ1) is 4.43. The van der Waals surface area contributed by atoms with Crippen LogP contribution in [0.2, 0.25) is 5.86 Å². The standard InChI is InChI=1S/C5H5.CO.CH3.Co.2H/c1-2-4-5-3-1;1-2;;;;/h1-3H,4H2;;1H3;;;/q;;;+2;2*-1. The Hall–Kier alpha value is -0.344. The first-order valence-electron chi connectivity index (χ1n) is 2.42. The molecule has 0 fully saturated rings. The van der Waals surface area contributed by atoms with Gasteiger partial charge in [0.25, 0.3) is 6.79 Å². The van der Waals surface area contributed by atoms with E-state index in [1.54, 1.807) is 0 Å². The summed E-state index contributed by atoms with van der Waals surface area (Å²) in [4.78, 5) is 7.50. The van der Waals surface area contributed by atoms with Crippen LogP contribution in [-0.4, -0.2) is 6.79 Å². The largest absolute Gasteiger partial charge is 1.00 e. The van der Waals surface area contributed by atoms with Crippen LogP contribution in [0.3, 0.4) is 0 Å². The van der Waals surface area contributed by atoms with Crippen LogP contribution < -0.4 is 0 Å². The maximum Gasteiger partial charge on any atom is 0.281 e. The van der Waals surface area contributed by atoms with Crippen molar-refractivity contribution in [3.8, 4) is 0 Å². The van der Waals surface area contributed by atoms with E-state index in [-0.39, 0.29) is 2.85 Å². The molecular formula is C7H10CoO. The number of hydrogen-bond acceptors (Lipinski definition) is 1. The molecule has 0 amide bonds. The summed E-state index contributed by atoms with van der Waals surface area (Å²) in [5, 5.41) is 0. The molecule has 0 aromatic carbocycles. The molecule has 0 aromatic heterocycles. The zero-order chi connectivity index (χ0) is 7.11. The average Bonchev–Trinajstić information content (AvgIpc) is 2.43. The van der Waals surface area contributed by atoms with Crippen molar-refractivity contribution in [3.05, 3.63) is 22.7 Å². The Morgan fingerprint density at radius 3 is 2.67 bits per heavy atom. The third-order valence-electron chi connectivity index (χ3n) is 0.924. The van der Waals surface area contributed by atoms with E-state index >= 15 is 0 Å². The molecule has 0 unspecified atom stereocenters. The predicted molar refractivity (Wildman–Crippen MR) is 35.6 cm³/mol. The topological polar surface area (TPSA) is 17.1 Å². The van der Waals surface area contributed by atoms with Crippen molar-refractivity contribution in [2.75, 3.05) is 0 Å². The van der Waals surface area contributed by atoms with Crippen LogP contribution in [-0.2, 0) is 19.5 Å². The fraction of sp³-hybridized carbons (Fsp3) is 0.286. The molecule has 1 aliphatic carbocycles. The molecule has 0 N–H and O–H groups in total. The second-order valence-electron chi connectivity index (χ2n) is 1.38. The Balaban J connectivity index is -0.000000149. The Morgan fingerprint density at radius 2 is 2.44 bits per heavy atom. The third kappa shape index (κ3) is 3.27. The molecule has 1 rings (SSSR count). The van der Waals surface area contributed by atoms with Crippen molar-refractivity contribution >= 4 is 6.79 Å². The molecule has 0 atom stereocenters. The summed E-state index contributed by atoms with van der Waals surface area (Å²) in [6, 6.07) is 0. The fourth-order valence-electron chi connectivity index (χ4n) is 0.535. The van der Waals surface area contributed by atoms with E-state index in [0.29, 0.717) is 0 Å². The zero-order valence-electron chi connectivity index (χ0n) is 7.18. The minimum absolute atomic E-state index is 0. The summed E-state index contributed by atoms with van der Waals surface area (Å²) < 4.78 is 1.52. The minimum atomic E-state index is 0. The first kappa shape index (κ1) is 8.66. The Bertz CT molecular complexity index is 134. The second-order valence-corrected chi connectivity index (χ2v) is 2.57. The van der Waals surface area contributed by atoms with Gasteiger partial charge in [0.15, 0.2) is 0 Å². The zero-order valence-corrected chi connectivity index (χ0v) is 6.22. The van der Waals surface area contributed by atoms with Gasteiger partial charge in [-0.15, -0.1) is 0 Å². The quantitative estimate of drug-likeness (QED) is 0.584. The van der Waals surface area contributed by atoms with Gasteiger partial charge in [-0.2, -0.15) is 0 Å². The van der Waals surface area contributed by atoms with Crippen LogP contribution in [0.4, 0.5) is 0 Å². The van der Waals surface area contributed by atoms with E-state index in [4.69, 9.17) is 4.79 Å². The van der Waals surface area contributed by atoms with Crippen LogP contribution in [0, 0.1) is 0 Å². The van der Waals surface area contributed by atoms with E-state index < -0.39 is 0 Å². The van der Waals surface area contributed by atoms with Crippen LogP contribution in [0.5, 0.6) is 0 Å². The molecule has 0 saturated heterocycles. The average molecular weight is 169 g/mol. The van der Waals surface area contributed by atoms with Gasteiger partial charge >= 0.3 is 49.7 Å². The molecule has 2 heteroatoms. The van der Waals surface area contributed by atoms with Crippen molar-refractivity contribution < 1.29 is 22.3 Å². The van der Waals surface area contributed by atoms with Crippen molar-refractivity contribution in [2.24, 2.45) is 0 Å². The summed E-state index contributed by atoms with van der Waals surface area (Å²) in [7, 11) is 0. The SMILES string of the molecule is [CH3][Co+2][C]1=CC=CC1.[C]=O.[H-].[H-]. The maximum absolute atomic E-state index is 7.50. The van der Waals surface area contributed by atoms with Gasteiger partial charge in [-0.3, -0.25) is 4.79 Å². The van der Waals surface area contributed by atoms with Crippen molar-refractivity contribution in [1.82, 2.24) is 0 Å². The summed E-state index contributed by atoms with van der Waals surface area (Å²) in [6.45, 7) is 4.50. The van der Waals surface area contributed by atoms with Gasteiger partial charge in [0, 0.05) is 0 Å². The normalized spacial score (nSPS) is 14.1. The molecule has 0 saturated carbocycles. The van der Waals surface area contributed by atoms with Crippen molar-refractivity contribution in [3.63, 3.8) is 0 Å². The molecule has 0 aliphatic heterocycles. The van der Waals surface area contributed by atoms with Gasteiger partial charge in [0.1, 0.15) is 0 Å². The van der Waals surface area contributed by atoms with E-state index in [9.17, 15) is 0 Å². The molecule has 2 radical (unpaired) electrons. The summed E-state index contributed by atoms with van der Waals surface area (Å²) in [5.74, 6) is 2.16. The molecule has 0 heterocycles. The van der Waals surface area contributed by atoms with E-state index in [0.717, 1.165) is 0 Å². The van der Waals surface area contributed by atoms with Crippen molar-refractivity contribution in [1.29, 1.82) is 0 Å². The minimum Gasteiger partial charge on any atom is -1.00 e. The summed E-state index contributed by atoms with van der Waals surface area (Å²) >= 11 is 1.45. The first-order valence-corrected chi connectivity index (χ1v) is 3.98. The fourth-order valence-corrected chi connectivity index (χ4v) is 1.14. The predicted octanol–water partition coefficient (Wildman–Crippen LogP) is 1.79. The summed E-state index contributed by atoms with van der Waals surface area (Å²) in [6.07, 6.45) is 7.66. The third-order valence-corrected chi connectivity index (χ3v) is 1.98. The molecule has 0 aromatic rings. The monoisotopic (exact) mass is 169 g/mol. The number of hydrogen-bond donors (Lipinski definition) is 0. The van der Waals surface area contributed by atoms with E-state index in [1.807, 2.05) is 0 Å². The van der Waals surface area contributed by atoms with Crippen LogP contribution in [0.25, 0.3) is 0 Å². The molecule has 0 spiro atoms. The molecular weight excluding hydrogens is 159 g/mol. The van der Waals surface area contributed by atoms with Gasteiger partial charge in [-0.25, -0.2) is 0 Å². The van der Waals surface area contributed by atoms with Gasteiger partial charge in [-0.05, 0) is 0 Å². The van der Waals surface area contributed by atoms with E-state index in [1.165, 1.54) is 25.6 Å². The van der Waals surface area contributed by atoms with Gasteiger partial charge in [-0.1, -0.05) is 0 Å². The molecule has 1 aliphatic rings. The Kier molecular flexibility index (Phi) is 5.57. The second kappa shape index (κ2) is 5.79. The van der Waals surface area contributed by atoms with Gasteiger partial charge < -0.3 is 2.85 Å². The molecule has 53 valence electrons. The molecule has 9 heavy (non-hydrogen) atoms. The van der Waals surface area contributed by atoms with Gasteiger partial charge in [0.2, 0.25) is 0 Å². The summed E-state index contributed by atoms with van der Waals surface area (Å²) in [5.41, 5.74) is 0. The number of rotatable bonds is 1. The molecule has 1 nitrogen and oxygen atoms in total. The number of allylic oxidation sites excluding steroid dienone is 4. The van der Waals surface area contributed by atoms with Crippen molar-refractivity contribution in [2.45, 2.75) is 12.3 Å². The van der Waals surface area contributed by atoms with Crippen LogP contribution in [0.15, 0.2) is 22.7 Å². The Morgan fingerprint density at radius 1 is 1.78 bits per heavy atom. The smallest absolute Gasteiger partial charge is 0.281 e. The maximum atomic E-state index is 7.50. The number of carbonyl (C=O) groups excluding carboxylic acids is 1. The van der Waals surface area contributed by atoms with Crippen LogP contribution >= 0.6 is 0 Å². The van der Waals surface area contributed by atoms with E-state index in [2.05, 4.69) is 30.9 Å². The van der Waals surface area contributed by atoms with Gasteiger partial charge in [0.05, 0.1) is 0 Å². The Labute approximate surface area is 64.8 Å².